The molecule has 90 valence electrons. The van der Waals surface area contributed by atoms with E-state index in [9.17, 15) is 17.6 Å². The number of anilines is 1. The molecule has 0 saturated heterocycles. The molecule has 1 N–H and O–H groups in total. The molecule has 0 amide bonds. The van der Waals surface area contributed by atoms with E-state index < -0.39 is 29.0 Å². The Balaban J connectivity index is 2.78. The molecular weight excluding hydrogens is 242 g/mol. The summed E-state index contributed by atoms with van der Waals surface area (Å²) in [4.78, 5) is 0. The molecule has 1 nitrogen and oxygen atoms in total. The first-order valence-electron chi connectivity index (χ1n) is 4.72. The zero-order chi connectivity index (χ0) is 12.1. The summed E-state index contributed by atoms with van der Waals surface area (Å²) in [7, 11) is 0. The van der Waals surface area contributed by atoms with Crippen LogP contribution in [0.2, 0.25) is 0 Å². The van der Waals surface area contributed by atoms with Gasteiger partial charge in [0, 0.05) is 18.4 Å². The summed E-state index contributed by atoms with van der Waals surface area (Å²) in [5.41, 5.74) is -0.741. The fourth-order valence-electron chi connectivity index (χ4n) is 1.12. The summed E-state index contributed by atoms with van der Waals surface area (Å²) in [5, 5.41) is 2.35. The summed E-state index contributed by atoms with van der Waals surface area (Å²) < 4.78 is 51.7. The van der Waals surface area contributed by atoms with E-state index in [0.29, 0.717) is 5.75 Å². The Kier molecular flexibility index (Phi) is 4.92. The van der Waals surface area contributed by atoms with Crippen molar-refractivity contribution in [2.75, 3.05) is 23.4 Å². The highest BCUT2D eigenvalue weighted by Gasteiger charge is 2.18. The Hall–Kier alpha value is -0.910. The maximum absolute atomic E-state index is 13.1. The fourth-order valence-corrected chi connectivity index (χ4v) is 1.66. The number of nitrogens with one attached hydrogen (secondary N) is 1. The molecule has 0 spiro atoms. The average molecular weight is 253 g/mol. The lowest BCUT2D eigenvalue weighted by atomic mass is 10.2. The summed E-state index contributed by atoms with van der Waals surface area (Å²) >= 11 is 1.55. The quantitative estimate of drug-likeness (QED) is 0.490. The Morgan fingerprint density at radius 1 is 1.12 bits per heavy atom. The molecule has 6 heteroatoms. The van der Waals surface area contributed by atoms with Crippen LogP contribution in [0, 0.1) is 23.3 Å². The lowest BCUT2D eigenvalue weighted by molar-refractivity contribution is 0.458. The number of halogens is 4. The van der Waals surface area contributed by atoms with Gasteiger partial charge in [-0.1, -0.05) is 6.92 Å². The molecule has 0 aliphatic heterocycles. The first-order chi connectivity index (χ1) is 7.57. The first-order valence-corrected chi connectivity index (χ1v) is 5.88. The molecular formula is C10H11F4NS. The van der Waals surface area contributed by atoms with Gasteiger partial charge in [-0.05, 0) is 5.75 Å². The Morgan fingerprint density at radius 2 is 1.69 bits per heavy atom. The maximum Gasteiger partial charge on any atom is 0.185 e. The van der Waals surface area contributed by atoms with Gasteiger partial charge in [-0.15, -0.1) is 0 Å². The molecule has 1 aromatic rings. The van der Waals surface area contributed by atoms with E-state index in [-0.39, 0.29) is 12.6 Å². The average Bonchev–Trinajstić information content (AvgIpc) is 2.25. The highest BCUT2D eigenvalue weighted by Crippen LogP contribution is 2.23. The van der Waals surface area contributed by atoms with Crippen molar-refractivity contribution in [3.8, 4) is 0 Å². The molecule has 16 heavy (non-hydrogen) atoms. The normalized spacial score (nSPS) is 10.6. The van der Waals surface area contributed by atoms with Crippen molar-refractivity contribution >= 4 is 17.4 Å². The molecule has 0 bridgehead atoms. The van der Waals surface area contributed by atoms with Gasteiger partial charge < -0.3 is 5.32 Å². The Morgan fingerprint density at radius 3 is 2.19 bits per heavy atom. The topological polar surface area (TPSA) is 12.0 Å². The second-order valence-electron chi connectivity index (χ2n) is 2.97. The van der Waals surface area contributed by atoms with Crippen molar-refractivity contribution in [1.82, 2.24) is 0 Å². The second kappa shape index (κ2) is 5.98. The standard InChI is InChI=1S/C10H11F4NS/c1-2-16-4-3-15-10-8(13)6(11)5-7(12)9(10)14/h5,15H,2-4H2,1H3. The molecule has 1 aromatic carbocycles. The van der Waals surface area contributed by atoms with Crippen molar-refractivity contribution in [3.05, 3.63) is 29.3 Å². The van der Waals surface area contributed by atoms with Crippen LogP contribution in [0.4, 0.5) is 23.2 Å². The maximum atomic E-state index is 13.1. The molecule has 1 rings (SSSR count). The summed E-state index contributed by atoms with van der Waals surface area (Å²) in [6.45, 7) is 2.18. The van der Waals surface area contributed by atoms with E-state index >= 15 is 0 Å². The highest BCUT2D eigenvalue weighted by molar-refractivity contribution is 7.99. The minimum atomic E-state index is -1.40. The molecule has 0 saturated carbocycles. The van der Waals surface area contributed by atoms with Crippen LogP contribution in [-0.4, -0.2) is 18.1 Å². The van der Waals surface area contributed by atoms with Gasteiger partial charge in [0.15, 0.2) is 23.3 Å². The largest absolute Gasteiger partial charge is 0.379 e. The number of benzene rings is 1. The van der Waals surface area contributed by atoms with E-state index in [0.717, 1.165) is 5.75 Å². The van der Waals surface area contributed by atoms with Gasteiger partial charge in [0.05, 0.1) is 0 Å². The van der Waals surface area contributed by atoms with Crippen LogP contribution in [-0.2, 0) is 0 Å². The third-order valence-corrected chi connectivity index (χ3v) is 2.77. The van der Waals surface area contributed by atoms with Crippen molar-refractivity contribution < 1.29 is 17.6 Å². The number of thioether (sulfide) groups is 1. The van der Waals surface area contributed by atoms with Gasteiger partial charge in [-0.25, -0.2) is 17.6 Å². The summed E-state index contributed by atoms with van der Waals surface area (Å²) in [6.07, 6.45) is 0. The van der Waals surface area contributed by atoms with Gasteiger partial charge in [-0.3, -0.25) is 0 Å². The smallest absolute Gasteiger partial charge is 0.185 e. The molecule has 0 atom stereocenters. The molecule has 0 heterocycles. The monoisotopic (exact) mass is 253 g/mol. The Labute approximate surface area is 95.2 Å². The van der Waals surface area contributed by atoms with E-state index in [1.165, 1.54) is 0 Å². The van der Waals surface area contributed by atoms with Crippen LogP contribution in [0.25, 0.3) is 0 Å². The third kappa shape index (κ3) is 3.04. The van der Waals surface area contributed by atoms with E-state index in [1.807, 2.05) is 6.92 Å². The van der Waals surface area contributed by atoms with Gasteiger partial charge in [0.2, 0.25) is 0 Å². The van der Waals surface area contributed by atoms with Crippen LogP contribution in [0.1, 0.15) is 6.92 Å². The first kappa shape index (κ1) is 13.2. The molecule has 0 aromatic heterocycles. The second-order valence-corrected chi connectivity index (χ2v) is 4.36. The van der Waals surface area contributed by atoms with Gasteiger partial charge >= 0.3 is 0 Å². The molecule has 0 radical (unpaired) electrons. The highest BCUT2D eigenvalue weighted by atomic mass is 32.2. The Bertz CT molecular complexity index is 344. The van der Waals surface area contributed by atoms with Crippen molar-refractivity contribution in [2.45, 2.75) is 6.92 Å². The summed E-state index contributed by atoms with van der Waals surface area (Å²) in [6, 6.07) is 0.191. The third-order valence-electron chi connectivity index (χ3n) is 1.86. The van der Waals surface area contributed by atoms with E-state index in [4.69, 9.17) is 0 Å². The lowest BCUT2D eigenvalue weighted by Gasteiger charge is -2.09. The molecule has 0 unspecified atom stereocenters. The van der Waals surface area contributed by atoms with Crippen molar-refractivity contribution in [2.24, 2.45) is 0 Å². The number of hydrogen-bond donors (Lipinski definition) is 1. The van der Waals surface area contributed by atoms with Crippen LogP contribution >= 0.6 is 11.8 Å². The fraction of sp³-hybridized carbons (Fsp3) is 0.400. The number of rotatable bonds is 5. The van der Waals surface area contributed by atoms with Crippen molar-refractivity contribution in [1.29, 1.82) is 0 Å². The molecule has 0 aliphatic carbocycles. The van der Waals surface area contributed by atoms with Gasteiger partial charge in [0.25, 0.3) is 0 Å². The summed E-state index contributed by atoms with van der Waals surface area (Å²) in [5.74, 6) is -4.10. The van der Waals surface area contributed by atoms with Gasteiger partial charge in [-0.2, -0.15) is 11.8 Å². The van der Waals surface area contributed by atoms with E-state index in [1.54, 1.807) is 11.8 Å². The van der Waals surface area contributed by atoms with Crippen LogP contribution in [0.15, 0.2) is 6.07 Å². The number of hydrogen-bond acceptors (Lipinski definition) is 2. The zero-order valence-corrected chi connectivity index (χ0v) is 9.44. The molecule has 0 aliphatic rings. The predicted octanol–water partition coefficient (Wildman–Crippen LogP) is 3.41. The van der Waals surface area contributed by atoms with Crippen LogP contribution < -0.4 is 5.32 Å². The molecule has 0 fully saturated rings. The van der Waals surface area contributed by atoms with Gasteiger partial charge in [0.1, 0.15) is 5.69 Å². The predicted molar refractivity (Wildman–Crippen MR) is 57.8 cm³/mol. The lowest BCUT2D eigenvalue weighted by Crippen LogP contribution is -2.10. The van der Waals surface area contributed by atoms with Crippen LogP contribution in [0.3, 0.4) is 0 Å². The minimum absolute atomic E-state index is 0.191. The minimum Gasteiger partial charge on any atom is -0.379 e. The van der Waals surface area contributed by atoms with Crippen molar-refractivity contribution in [3.63, 3.8) is 0 Å². The zero-order valence-electron chi connectivity index (χ0n) is 8.62. The van der Waals surface area contributed by atoms with E-state index in [2.05, 4.69) is 5.32 Å². The SMILES string of the molecule is CCSCCNc1c(F)c(F)cc(F)c1F. The van der Waals surface area contributed by atoms with Crippen LogP contribution in [0.5, 0.6) is 0 Å².